The zero-order valence-corrected chi connectivity index (χ0v) is 15.1. The fraction of sp³-hybridized carbons (Fsp3) is 0.286. The molecular weight excluding hydrogens is 328 g/mol. The lowest BCUT2D eigenvalue weighted by Gasteiger charge is -2.20. The van der Waals surface area contributed by atoms with E-state index in [9.17, 15) is 5.11 Å². The Hall–Kier alpha value is -2.79. The molecule has 1 fully saturated rings. The van der Waals surface area contributed by atoms with Crippen molar-refractivity contribution in [3.05, 3.63) is 53.9 Å². The number of likely N-dealkylation sites (N-methyl/N-ethyl adjacent to an activating group) is 1. The fourth-order valence-corrected chi connectivity index (χ4v) is 3.36. The Morgan fingerprint density at radius 1 is 1.04 bits per heavy atom. The van der Waals surface area contributed by atoms with E-state index in [2.05, 4.69) is 22.6 Å². The number of phenols is 1. The van der Waals surface area contributed by atoms with Gasteiger partial charge >= 0.3 is 0 Å². The average Bonchev–Trinajstić information content (AvgIpc) is 2.68. The first kappa shape index (κ1) is 16.7. The van der Waals surface area contributed by atoms with Crippen LogP contribution >= 0.6 is 0 Å². The Kier molecular flexibility index (Phi) is 4.39. The van der Waals surface area contributed by atoms with E-state index in [0.29, 0.717) is 0 Å². The summed E-state index contributed by atoms with van der Waals surface area (Å²) in [5.74, 6) is 1.87. The van der Waals surface area contributed by atoms with Gasteiger partial charge in [-0.25, -0.2) is 4.58 Å². The molecule has 0 radical (unpaired) electrons. The maximum Gasteiger partial charge on any atom is 0.215 e. The van der Waals surface area contributed by atoms with E-state index < -0.39 is 0 Å². The SMILES string of the molecule is COc1ccc(-c2cc(=[N+]3CCN(C)CC3)c3cc(O)ccc3o2)cc1. The molecule has 0 saturated carbocycles. The number of piperazine rings is 1. The van der Waals surface area contributed by atoms with Crippen LogP contribution in [0.5, 0.6) is 11.5 Å². The van der Waals surface area contributed by atoms with Crippen molar-refractivity contribution in [2.24, 2.45) is 0 Å². The third-order valence-electron chi connectivity index (χ3n) is 4.95. The summed E-state index contributed by atoms with van der Waals surface area (Å²) in [6.07, 6.45) is 0. The quantitative estimate of drug-likeness (QED) is 0.721. The van der Waals surface area contributed by atoms with E-state index in [1.54, 1.807) is 19.2 Å². The van der Waals surface area contributed by atoms with Crippen molar-refractivity contribution in [1.82, 2.24) is 9.48 Å². The molecule has 4 rings (SSSR count). The topological polar surface area (TPSA) is 48.9 Å². The maximum absolute atomic E-state index is 9.96. The number of nitrogens with zero attached hydrogens (tertiary/aromatic N) is 2. The lowest BCUT2D eigenvalue weighted by Crippen LogP contribution is -2.46. The highest BCUT2D eigenvalue weighted by Gasteiger charge is 2.19. The molecule has 0 aliphatic carbocycles. The van der Waals surface area contributed by atoms with Gasteiger partial charge in [0.25, 0.3) is 0 Å². The van der Waals surface area contributed by atoms with Crippen molar-refractivity contribution in [3.63, 3.8) is 0 Å². The Labute approximate surface area is 152 Å². The molecule has 0 bridgehead atoms. The summed E-state index contributed by atoms with van der Waals surface area (Å²) in [5, 5.41) is 12.0. The smallest absolute Gasteiger partial charge is 0.215 e. The molecule has 1 aromatic heterocycles. The fourth-order valence-electron chi connectivity index (χ4n) is 3.36. The second-order valence-corrected chi connectivity index (χ2v) is 6.70. The number of benzene rings is 2. The molecule has 2 heterocycles. The molecule has 3 aromatic rings. The van der Waals surface area contributed by atoms with Crippen LogP contribution in [0.4, 0.5) is 0 Å². The van der Waals surface area contributed by atoms with Crippen LogP contribution in [-0.2, 0) is 0 Å². The van der Waals surface area contributed by atoms with Gasteiger partial charge in [-0.15, -0.1) is 0 Å². The molecule has 5 nitrogen and oxygen atoms in total. The van der Waals surface area contributed by atoms with Gasteiger partial charge in [0, 0.05) is 5.56 Å². The Bertz CT molecular complexity index is 996. The molecule has 0 unspecified atom stereocenters. The van der Waals surface area contributed by atoms with Gasteiger partial charge in [-0.05, 0) is 49.5 Å². The van der Waals surface area contributed by atoms with Crippen molar-refractivity contribution in [1.29, 1.82) is 0 Å². The number of rotatable bonds is 2. The molecule has 1 aliphatic heterocycles. The van der Waals surface area contributed by atoms with E-state index in [1.807, 2.05) is 30.3 Å². The van der Waals surface area contributed by atoms with Crippen LogP contribution in [0, 0.1) is 0 Å². The van der Waals surface area contributed by atoms with Crippen molar-refractivity contribution in [3.8, 4) is 22.8 Å². The average molecular weight is 351 g/mol. The standard InChI is InChI=1S/C21H22N2O3/c1-22-9-11-23(12-10-22)19-14-21(15-3-6-17(25-2)7-4-15)26-20-8-5-16(24)13-18(19)20/h3-8,13-14H,9-12H2,1-2H3/p+1. The molecule has 5 heteroatoms. The van der Waals surface area contributed by atoms with Crippen molar-refractivity contribution in [2.45, 2.75) is 0 Å². The van der Waals surface area contributed by atoms with E-state index in [4.69, 9.17) is 9.15 Å². The Morgan fingerprint density at radius 2 is 1.77 bits per heavy atom. The van der Waals surface area contributed by atoms with Crippen LogP contribution in [0.15, 0.2) is 52.9 Å². The van der Waals surface area contributed by atoms with Gasteiger partial charge in [-0.1, -0.05) is 0 Å². The second kappa shape index (κ2) is 6.84. The third-order valence-corrected chi connectivity index (χ3v) is 4.95. The molecule has 0 spiro atoms. The molecule has 134 valence electrons. The summed E-state index contributed by atoms with van der Waals surface area (Å²) in [6, 6.07) is 15.2. The monoisotopic (exact) mass is 351 g/mol. The van der Waals surface area contributed by atoms with Crippen molar-refractivity contribution >= 4 is 11.0 Å². The zero-order chi connectivity index (χ0) is 18.1. The largest absolute Gasteiger partial charge is 0.508 e. The Morgan fingerprint density at radius 3 is 2.46 bits per heavy atom. The molecule has 2 aromatic carbocycles. The molecule has 1 N–H and O–H groups in total. The molecule has 26 heavy (non-hydrogen) atoms. The maximum atomic E-state index is 9.96. The highest BCUT2D eigenvalue weighted by Crippen LogP contribution is 2.25. The number of aromatic hydroxyl groups is 1. The number of methoxy groups -OCH3 is 1. The first-order valence-electron chi connectivity index (χ1n) is 8.82. The predicted molar refractivity (Wildman–Crippen MR) is 102 cm³/mol. The molecule has 1 aliphatic rings. The van der Waals surface area contributed by atoms with Crippen LogP contribution in [0.3, 0.4) is 0 Å². The van der Waals surface area contributed by atoms with Crippen LogP contribution in [-0.4, -0.2) is 50.3 Å². The zero-order valence-electron chi connectivity index (χ0n) is 15.1. The van der Waals surface area contributed by atoms with E-state index in [-0.39, 0.29) is 5.75 Å². The van der Waals surface area contributed by atoms with Crippen LogP contribution in [0.2, 0.25) is 0 Å². The van der Waals surface area contributed by atoms with E-state index in [1.165, 1.54) is 0 Å². The number of ether oxygens (including phenoxy) is 1. The highest BCUT2D eigenvalue weighted by atomic mass is 16.5. The summed E-state index contributed by atoms with van der Waals surface area (Å²) in [6.45, 7) is 3.94. The summed E-state index contributed by atoms with van der Waals surface area (Å²) in [7, 11) is 3.80. The minimum atomic E-state index is 0.250. The molecular formula is C21H23N2O3+. The van der Waals surface area contributed by atoms with Crippen LogP contribution in [0.1, 0.15) is 0 Å². The van der Waals surface area contributed by atoms with Gasteiger partial charge in [0.15, 0.2) is 13.1 Å². The lowest BCUT2D eigenvalue weighted by molar-refractivity contribution is 0.267. The van der Waals surface area contributed by atoms with Crippen molar-refractivity contribution in [2.75, 3.05) is 40.3 Å². The number of hydrogen-bond acceptors (Lipinski definition) is 4. The van der Waals surface area contributed by atoms with E-state index in [0.717, 1.165) is 59.6 Å². The first-order chi connectivity index (χ1) is 12.6. The van der Waals surface area contributed by atoms with E-state index >= 15 is 0 Å². The van der Waals surface area contributed by atoms with Gasteiger partial charge < -0.3 is 14.3 Å². The van der Waals surface area contributed by atoms with Crippen LogP contribution < -0.4 is 14.7 Å². The summed E-state index contributed by atoms with van der Waals surface area (Å²) >= 11 is 0. The van der Waals surface area contributed by atoms with Gasteiger partial charge in [-0.2, -0.15) is 0 Å². The molecule has 0 amide bonds. The molecule has 1 saturated heterocycles. The number of fused-ring (bicyclic) bond motifs is 1. The minimum Gasteiger partial charge on any atom is -0.508 e. The van der Waals surface area contributed by atoms with Gasteiger partial charge in [0.1, 0.15) is 22.8 Å². The predicted octanol–water partition coefficient (Wildman–Crippen LogP) is 2.53. The number of hydrogen-bond donors (Lipinski definition) is 1. The summed E-state index contributed by atoms with van der Waals surface area (Å²) < 4.78 is 13.8. The summed E-state index contributed by atoms with van der Waals surface area (Å²) in [5.41, 5.74) is 1.76. The molecule has 0 atom stereocenters. The number of phenolic OH excluding ortho intramolecular Hbond substituents is 1. The lowest BCUT2D eigenvalue weighted by atomic mass is 10.1. The third kappa shape index (κ3) is 3.18. The van der Waals surface area contributed by atoms with Gasteiger partial charge in [0.05, 0.1) is 31.7 Å². The highest BCUT2D eigenvalue weighted by molar-refractivity contribution is 5.80. The van der Waals surface area contributed by atoms with Crippen molar-refractivity contribution < 1.29 is 14.3 Å². The second-order valence-electron chi connectivity index (χ2n) is 6.70. The van der Waals surface area contributed by atoms with Gasteiger partial charge in [-0.3, -0.25) is 4.90 Å². The first-order valence-corrected chi connectivity index (χ1v) is 8.82. The normalized spacial score (nSPS) is 15.4. The minimum absolute atomic E-state index is 0.250. The Balaban J connectivity index is 1.93. The van der Waals surface area contributed by atoms with Gasteiger partial charge in [0.2, 0.25) is 5.36 Å². The van der Waals surface area contributed by atoms with Crippen LogP contribution in [0.25, 0.3) is 22.3 Å². The summed E-state index contributed by atoms with van der Waals surface area (Å²) in [4.78, 5) is 2.33.